The van der Waals surface area contributed by atoms with Crippen LogP contribution >= 0.6 is 0 Å². The monoisotopic (exact) mass is 403 g/mol. The summed E-state index contributed by atoms with van der Waals surface area (Å²) in [7, 11) is 0. The smallest absolute Gasteiger partial charge is 0.257 e. The van der Waals surface area contributed by atoms with E-state index in [0.29, 0.717) is 12.4 Å². The summed E-state index contributed by atoms with van der Waals surface area (Å²) in [6.07, 6.45) is 0. The quantitative estimate of drug-likeness (QED) is 0.288. The van der Waals surface area contributed by atoms with Crippen molar-refractivity contribution in [3.8, 4) is 5.75 Å². The fourth-order valence-corrected chi connectivity index (χ4v) is 2.02. The van der Waals surface area contributed by atoms with Gasteiger partial charge in [-0.3, -0.25) is 20.4 Å². The number of ether oxygens (including phenoxy) is 1. The number of halogens is 5. The predicted molar refractivity (Wildman–Crippen MR) is 87.9 cm³/mol. The Hall–Kier alpha value is -3.37. The van der Waals surface area contributed by atoms with E-state index in [2.05, 4.69) is 5.32 Å². The number of amides is 2. The summed E-state index contributed by atoms with van der Waals surface area (Å²) < 4.78 is 71.2. The maximum Gasteiger partial charge on any atom is 0.257 e. The van der Waals surface area contributed by atoms with Crippen molar-refractivity contribution in [1.29, 1.82) is 0 Å². The van der Waals surface area contributed by atoms with Crippen LogP contribution in [0.25, 0.3) is 0 Å². The first-order chi connectivity index (χ1) is 13.3. The molecule has 0 radical (unpaired) electrons. The molecule has 0 saturated heterocycles. The number of hydrazine groups is 1. The van der Waals surface area contributed by atoms with Crippen molar-refractivity contribution in [3.05, 3.63) is 58.9 Å². The number of rotatable bonds is 7. The maximum absolute atomic E-state index is 13.5. The number of hydrogen-bond acceptors (Lipinski definition) is 4. The van der Waals surface area contributed by atoms with Gasteiger partial charge >= 0.3 is 0 Å². The molecule has 0 aliphatic heterocycles. The van der Waals surface area contributed by atoms with E-state index >= 15 is 0 Å². The van der Waals surface area contributed by atoms with Crippen LogP contribution in [-0.2, 0) is 4.79 Å². The molecule has 0 atom stereocenters. The molecule has 0 bridgehead atoms. The van der Waals surface area contributed by atoms with Crippen molar-refractivity contribution in [3.63, 3.8) is 0 Å². The largest absolute Gasteiger partial charge is 0.494 e. The van der Waals surface area contributed by atoms with Crippen LogP contribution in [0.2, 0.25) is 0 Å². The minimum absolute atomic E-state index is 0.212. The number of carbonyl (C=O) groups excluding carboxylic acids is 2. The lowest BCUT2D eigenvalue weighted by Gasteiger charge is -2.12. The van der Waals surface area contributed by atoms with E-state index in [1.807, 2.05) is 0 Å². The molecule has 0 fully saturated rings. The van der Waals surface area contributed by atoms with Crippen LogP contribution in [0.5, 0.6) is 5.75 Å². The number of benzene rings is 2. The molecule has 150 valence electrons. The Bertz CT molecular complexity index is 862. The Morgan fingerprint density at radius 1 is 0.893 bits per heavy atom. The third-order valence-electron chi connectivity index (χ3n) is 3.37. The van der Waals surface area contributed by atoms with Gasteiger partial charge in [0.1, 0.15) is 11.4 Å². The Morgan fingerprint density at radius 3 is 1.96 bits per heavy atom. The van der Waals surface area contributed by atoms with Gasteiger partial charge in [-0.1, -0.05) is 0 Å². The van der Waals surface area contributed by atoms with Gasteiger partial charge in [0.25, 0.3) is 11.8 Å². The van der Waals surface area contributed by atoms with E-state index < -0.39 is 53.1 Å². The second-order valence-corrected chi connectivity index (χ2v) is 5.26. The standard InChI is InChI=1S/C17H14F5N3O3/c1-2-28-9-5-3-8(4-6-9)17(27)23-7-10(26)24-25-16-14(21)12(19)11(18)13(20)15(16)22/h3-6,25H,2,7H2,1H3,(H,23,27)(H,24,26). The van der Waals surface area contributed by atoms with E-state index in [4.69, 9.17) is 4.74 Å². The summed E-state index contributed by atoms with van der Waals surface area (Å²) in [5.41, 5.74) is 2.12. The minimum Gasteiger partial charge on any atom is -0.494 e. The third-order valence-corrected chi connectivity index (χ3v) is 3.37. The predicted octanol–water partition coefficient (Wildman–Crippen LogP) is 2.65. The average molecular weight is 403 g/mol. The Balaban J connectivity index is 1.92. The summed E-state index contributed by atoms with van der Waals surface area (Å²) >= 11 is 0. The van der Waals surface area contributed by atoms with Crippen LogP contribution in [0, 0.1) is 29.1 Å². The first kappa shape index (κ1) is 20.9. The van der Waals surface area contributed by atoms with E-state index in [-0.39, 0.29) is 5.56 Å². The van der Waals surface area contributed by atoms with Crippen LogP contribution in [-0.4, -0.2) is 25.0 Å². The van der Waals surface area contributed by atoms with Crippen LogP contribution in [0.4, 0.5) is 27.6 Å². The van der Waals surface area contributed by atoms with E-state index in [0.717, 1.165) is 0 Å². The second kappa shape index (κ2) is 9.02. The molecule has 2 rings (SSSR count). The van der Waals surface area contributed by atoms with E-state index in [1.165, 1.54) is 12.1 Å². The molecule has 0 aromatic heterocycles. The second-order valence-electron chi connectivity index (χ2n) is 5.26. The fraction of sp³-hybridized carbons (Fsp3) is 0.176. The van der Waals surface area contributed by atoms with Crippen LogP contribution in [0.3, 0.4) is 0 Å². The first-order valence-electron chi connectivity index (χ1n) is 7.83. The summed E-state index contributed by atoms with van der Waals surface area (Å²) in [6, 6.07) is 5.99. The maximum atomic E-state index is 13.5. The molecule has 2 aromatic rings. The summed E-state index contributed by atoms with van der Waals surface area (Å²) in [5, 5.41) is 2.22. The lowest BCUT2D eigenvalue weighted by Crippen LogP contribution is -2.40. The third kappa shape index (κ3) is 4.67. The normalized spacial score (nSPS) is 10.4. The molecule has 0 saturated carbocycles. The highest BCUT2D eigenvalue weighted by atomic mass is 19.2. The molecular formula is C17H14F5N3O3. The molecule has 11 heteroatoms. The highest BCUT2D eigenvalue weighted by Crippen LogP contribution is 2.26. The molecular weight excluding hydrogens is 389 g/mol. The first-order valence-corrected chi connectivity index (χ1v) is 7.83. The Labute approximate surface area is 155 Å². The van der Waals surface area contributed by atoms with Gasteiger partial charge in [-0.2, -0.15) is 0 Å². The summed E-state index contributed by atoms with van der Waals surface area (Å²) in [5.74, 6) is -12.0. The van der Waals surface area contributed by atoms with Crippen molar-refractivity contribution in [2.24, 2.45) is 0 Å². The summed E-state index contributed by atoms with van der Waals surface area (Å²) in [6.45, 7) is 1.61. The van der Waals surface area contributed by atoms with Gasteiger partial charge in [-0.15, -0.1) is 0 Å². The van der Waals surface area contributed by atoms with Gasteiger partial charge in [-0.25, -0.2) is 22.0 Å². The molecule has 0 heterocycles. The van der Waals surface area contributed by atoms with Gasteiger partial charge in [0.05, 0.1) is 13.2 Å². The van der Waals surface area contributed by atoms with Crippen molar-refractivity contribution in [2.75, 3.05) is 18.6 Å². The lowest BCUT2D eigenvalue weighted by atomic mass is 10.2. The molecule has 28 heavy (non-hydrogen) atoms. The Kier molecular flexibility index (Phi) is 6.74. The van der Waals surface area contributed by atoms with Crippen LogP contribution in [0.1, 0.15) is 17.3 Å². The zero-order chi connectivity index (χ0) is 20.8. The van der Waals surface area contributed by atoms with Gasteiger partial charge in [0.15, 0.2) is 23.3 Å². The van der Waals surface area contributed by atoms with Gasteiger partial charge in [0, 0.05) is 5.56 Å². The van der Waals surface area contributed by atoms with Gasteiger partial charge in [-0.05, 0) is 31.2 Å². The zero-order valence-electron chi connectivity index (χ0n) is 14.3. The molecule has 0 spiro atoms. The molecule has 0 unspecified atom stereocenters. The molecule has 6 nitrogen and oxygen atoms in total. The highest BCUT2D eigenvalue weighted by molar-refractivity contribution is 5.96. The number of anilines is 1. The van der Waals surface area contributed by atoms with Gasteiger partial charge in [0.2, 0.25) is 5.82 Å². The van der Waals surface area contributed by atoms with Crippen molar-refractivity contribution in [2.45, 2.75) is 6.92 Å². The molecule has 0 aliphatic carbocycles. The van der Waals surface area contributed by atoms with Crippen LogP contribution in [0.15, 0.2) is 24.3 Å². The lowest BCUT2D eigenvalue weighted by molar-refractivity contribution is -0.119. The van der Waals surface area contributed by atoms with Crippen LogP contribution < -0.4 is 20.9 Å². The number of nitrogens with one attached hydrogen (secondary N) is 3. The van der Waals surface area contributed by atoms with Gasteiger partial charge < -0.3 is 10.1 Å². The molecule has 0 aliphatic rings. The molecule has 3 N–H and O–H groups in total. The minimum atomic E-state index is -2.32. The topological polar surface area (TPSA) is 79.5 Å². The SMILES string of the molecule is CCOc1ccc(C(=O)NCC(=O)NNc2c(F)c(F)c(F)c(F)c2F)cc1. The van der Waals surface area contributed by atoms with E-state index in [9.17, 15) is 31.5 Å². The highest BCUT2D eigenvalue weighted by Gasteiger charge is 2.26. The Morgan fingerprint density at radius 2 is 1.43 bits per heavy atom. The molecule has 2 aromatic carbocycles. The average Bonchev–Trinajstić information content (AvgIpc) is 2.69. The van der Waals surface area contributed by atoms with Crippen molar-refractivity contribution < 1.29 is 36.3 Å². The number of hydrogen-bond donors (Lipinski definition) is 3. The summed E-state index contributed by atoms with van der Waals surface area (Å²) in [4.78, 5) is 23.6. The van der Waals surface area contributed by atoms with Crippen molar-refractivity contribution >= 4 is 17.5 Å². The van der Waals surface area contributed by atoms with E-state index in [1.54, 1.807) is 29.9 Å². The zero-order valence-corrected chi connectivity index (χ0v) is 14.3. The fourth-order valence-electron chi connectivity index (χ4n) is 2.02. The molecule has 2 amide bonds. The van der Waals surface area contributed by atoms with Crippen molar-refractivity contribution in [1.82, 2.24) is 10.7 Å². The number of carbonyl (C=O) groups is 2.